The van der Waals surface area contributed by atoms with Crippen molar-refractivity contribution in [3.05, 3.63) is 23.8 Å². The lowest BCUT2D eigenvalue weighted by Crippen LogP contribution is -2.05. The van der Waals surface area contributed by atoms with Crippen molar-refractivity contribution in [1.82, 2.24) is 0 Å². The van der Waals surface area contributed by atoms with Crippen molar-refractivity contribution >= 4 is 15.5 Å². The van der Waals surface area contributed by atoms with Crippen LogP contribution < -0.4 is 5.32 Å². The summed E-state index contributed by atoms with van der Waals surface area (Å²) in [5, 5.41) is 11.5. The van der Waals surface area contributed by atoms with Gasteiger partial charge in [-0.15, -0.1) is 0 Å². The van der Waals surface area contributed by atoms with Gasteiger partial charge in [-0.3, -0.25) is 0 Å². The number of rotatable bonds is 2. The molecular formula is C9H10N2O2S. The van der Waals surface area contributed by atoms with Crippen LogP contribution in [0.25, 0.3) is 0 Å². The van der Waals surface area contributed by atoms with Crippen LogP contribution in [0.3, 0.4) is 0 Å². The molecule has 0 saturated carbocycles. The van der Waals surface area contributed by atoms with Crippen LogP contribution in [0.15, 0.2) is 23.1 Å². The molecule has 0 saturated heterocycles. The molecule has 1 aromatic rings. The van der Waals surface area contributed by atoms with Gasteiger partial charge in [-0.1, -0.05) is 6.07 Å². The van der Waals surface area contributed by atoms with E-state index in [4.69, 9.17) is 5.26 Å². The van der Waals surface area contributed by atoms with E-state index >= 15 is 0 Å². The number of hydrogen-bond donors (Lipinski definition) is 1. The molecule has 0 aliphatic carbocycles. The van der Waals surface area contributed by atoms with Gasteiger partial charge in [-0.2, -0.15) is 5.26 Å². The minimum atomic E-state index is -3.37. The summed E-state index contributed by atoms with van der Waals surface area (Å²) >= 11 is 0. The van der Waals surface area contributed by atoms with E-state index in [2.05, 4.69) is 5.32 Å². The number of anilines is 1. The second-order valence-electron chi connectivity index (χ2n) is 2.82. The maximum atomic E-state index is 11.4. The van der Waals surface area contributed by atoms with Gasteiger partial charge in [0, 0.05) is 13.3 Å². The van der Waals surface area contributed by atoms with Crippen LogP contribution in [-0.4, -0.2) is 21.7 Å². The van der Waals surface area contributed by atoms with E-state index in [9.17, 15) is 8.42 Å². The van der Waals surface area contributed by atoms with Crippen molar-refractivity contribution in [2.75, 3.05) is 18.6 Å². The summed E-state index contributed by atoms with van der Waals surface area (Å²) in [6.07, 6.45) is 1.09. The molecule has 0 bridgehead atoms. The van der Waals surface area contributed by atoms with Gasteiger partial charge in [-0.05, 0) is 12.1 Å². The van der Waals surface area contributed by atoms with Crippen molar-refractivity contribution in [1.29, 1.82) is 5.26 Å². The Hall–Kier alpha value is -1.54. The molecule has 74 valence electrons. The third-order valence-electron chi connectivity index (χ3n) is 1.78. The Labute approximate surface area is 83.1 Å². The zero-order valence-electron chi connectivity index (χ0n) is 7.90. The van der Waals surface area contributed by atoms with Crippen molar-refractivity contribution < 1.29 is 8.42 Å². The number of nitrogens with zero attached hydrogens (tertiary/aromatic N) is 1. The lowest BCUT2D eigenvalue weighted by molar-refractivity contribution is 0.602. The first-order valence-electron chi connectivity index (χ1n) is 3.91. The molecule has 1 aromatic carbocycles. The number of nitrogens with one attached hydrogen (secondary N) is 1. The van der Waals surface area contributed by atoms with Crippen LogP contribution in [0.2, 0.25) is 0 Å². The third kappa shape index (κ3) is 1.86. The summed E-state index contributed by atoms with van der Waals surface area (Å²) in [6.45, 7) is 0. The van der Waals surface area contributed by atoms with Crippen molar-refractivity contribution in [3.8, 4) is 6.07 Å². The molecule has 0 heterocycles. The largest absolute Gasteiger partial charge is 0.387 e. The molecule has 0 fully saturated rings. The summed E-state index contributed by atoms with van der Waals surface area (Å²) in [6, 6.07) is 6.60. The molecule has 0 amide bonds. The quantitative estimate of drug-likeness (QED) is 0.790. The molecule has 0 aliphatic rings. The van der Waals surface area contributed by atoms with Gasteiger partial charge in [0.2, 0.25) is 0 Å². The lowest BCUT2D eigenvalue weighted by Gasteiger charge is -2.08. The average molecular weight is 210 g/mol. The number of benzene rings is 1. The SMILES string of the molecule is CNc1cccc(C#N)c1S(C)(=O)=O. The standard InChI is InChI=1S/C9H10N2O2S/c1-11-8-5-3-4-7(6-10)9(8)14(2,12)13/h3-5,11H,1-2H3. The fourth-order valence-corrected chi connectivity index (χ4v) is 2.30. The highest BCUT2D eigenvalue weighted by Crippen LogP contribution is 2.24. The van der Waals surface area contributed by atoms with Crippen LogP contribution in [-0.2, 0) is 9.84 Å². The molecule has 0 radical (unpaired) electrons. The second-order valence-corrected chi connectivity index (χ2v) is 4.77. The maximum absolute atomic E-state index is 11.4. The van der Waals surface area contributed by atoms with Gasteiger partial charge in [0.25, 0.3) is 0 Å². The van der Waals surface area contributed by atoms with E-state index in [1.165, 1.54) is 6.07 Å². The summed E-state index contributed by atoms with van der Waals surface area (Å²) < 4.78 is 22.8. The topological polar surface area (TPSA) is 70.0 Å². The average Bonchev–Trinajstić information content (AvgIpc) is 2.15. The molecule has 4 nitrogen and oxygen atoms in total. The zero-order valence-corrected chi connectivity index (χ0v) is 8.72. The maximum Gasteiger partial charge on any atom is 0.178 e. The molecule has 0 aliphatic heterocycles. The van der Waals surface area contributed by atoms with E-state index in [1.807, 2.05) is 6.07 Å². The molecule has 0 spiro atoms. The third-order valence-corrected chi connectivity index (χ3v) is 2.96. The van der Waals surface area contributed by atoms with Crippen LogP contribution in [0, 0.1) is 11.3 Å². The van der Waals surface area contributed by atoms with Crippen LogP contribution in [0.4, 0.5) is 5.69 Å². The van der Waals surface area contributed by atoms with Crippen LogP contribution in [0.5, 0.6) is 0 Å². The molecule has 14 heavy (non-hydrogen) atoms. The zero-order chi connectivity index (χ0) is 10.8. The second kappa shape index (κ2) is 3.68. The predicted octanol–water partition coefficient (Wildman–Crippen LogP) is 1.00. The van der Waals surface area contributed by atoms with E-state index in [1.54, 1.807) is 19.2 Å². The summed E-state index contributed by atoms with van der Waals surface area (Å²) in [7, 11) is -1.76. The van der Waals surface area contributed by atoms with E-state index in [0.29, 0.717) is 5.69 Å². The first kappa shape index (κ1) is 10.5. The summed E-state index contributed by atoms with van der Waals surface area (Å²) in [5.41, 5.74) is 0.617. The summed E-state index contributed by atoms with van der Waals surface area (Å²) in [4.78, 5) is 0.0602. The van der Waals surface area contributed by atoms with Crippen LogP contribution in [0.1, 0.15) is 5.56 Å². The minimum absolute atomic E-state index is 0.0602. The molecule has 0 atom stereocenters. The number of hydrogen-bond acceptors (Lipinski definition) is 4. The van der Waals surface area contributed by atoms with Gasteiger partial charge in [-0.25, -0.2) is 8.42 Å². The summed E-state index contributed by atoms with van der Waals surface area (Å²) in [5.74, 6) is 0. The molecule has 0 aromatic heterocycles. The first-order valence-corrected chi connectivity index (χ1v) is 5.80. The van der Waals surface area contributed by atoms with Gasteiger partial charge in [0.05, 0.1) is 11.3 Å². The fourth-order valence-electron chi connectivity index (χ4n) is 1.22. The van der Waals surface area contributed by atoms with Crippen LogP contribution >= 0.6 is 0 Å². The van der Waals surface area contributed by atoms with Crippen molar-refractivity contribution in [2.45, 2.75) is 4.90 Å². The van der Waals surface area contributed by atoms with E-state index in [-0.39, 0.29) is 10.5 Å². The highest BCUT2D eigenvalue weighted by atomic mass is 32.2. The molecule has 1 N–H and O–H groups in total. The van der Waals surface area contributed by atoms with Gasteiger partial charge in [0.15, 0.2) is 9.84 Å². The Kier molecular flexibility index (Phi) is 2.77. The monoisotopic (exact) mass is 210 g/mol. The Morgan fingerprint density at radius 3 is 2.50 bits per heavy atom. The Balaban J connectivity index is 3.61. The first-order chi connectivity index (χ1) is 6.50. The van der Waals surface area contributed by atoms with Gasteiger partial charge < -0.3 is 5.32 Å². The van der Waals surface area contributed by atoms with Crippen molar-refractivity contribution in [2.24, 2.45) is 0 Å². The normalized spacial score (nSPS) is 10.6. The molecule has 5 heteroatoms. The van der Waals surface area contributed by atoms with Gasteiger partial charge in [0.1, 0.15) is 11.0 Å². The highest BCUT2D eigenvalue weighted by molar-refractivity contribution is 7.91. The predicted molar refractivity (Wildman–Crippen MR) is 53.8 cm³/mol. The fraction of sp³-hybridized carbons (Fsp3) is 0.222. The Morgan fingerprint density at radius 2 is 2.07 bits per heavy atom. The van der Waals surface area contributed by atoms with Gasteiger partial charge >= 0.3 is 0 Å². The molecular weight excluding hydrogens is 200 g/mol. The van der Waals surface area contributed by atoms with Crippen molar-refractivity contribution in [3.63, 3.8) is 0 Å². The highest BCUT2D eigenvalue weighted by Gasteiger charge is 2.17. The van der Waals surface area contributed by atoms with E-state index < -0.39 is 9.84 Å². The Bertz CT molecular complexity index is 486. The number of sulfone groups is 1. The lowest BCUT2D eigenvalue weighted by atomic mass is 10.2. The van der Waals surface area contributed by atoms with E-state index in [0.717, 1.165) is 6.26 Å². The molecule has 1 rings (SSSR count). The number of nitriles is 1. The minimum Gasteiger partial charge on any atom is -0.387 e. The smallest absolute Gasteiger partial charge is 0.178 e. The Morgan fingerprint density at radius 1 is 1.43 bits per heavy atom. The molecule has 0 unspecified atom stereocenters.